The minimum absolute atomic E-state index is 0.0440. The second-order valence-corrected chi connectivity index (χ2v) is 8.09. The first kappa shape index (κ1) is 22.4. The molecule has 0 spiro atoms. The zero-order valence-corrected chi connectivity index (χ0v) is 18.8. The molecular formula is C27H29N3O3. The third-order valence-corrected chi connectivity index (χ3v) is 5.95. The van der Waals surface area contributed by atoms with Gasteiger partial charge >= 0.3 is 0 Å². The Bertz CT molecular complexity index is 1050. The van der Waals surface area contributed by atoms with E-state index < -0.39 is 6.04 Å². The topological polar surface area (TPSA) is 61.9 Å². The van der Waals surface area contributed by atoms with Gasteiger partial charge in [-0.2, -0.15) is 0 Å². The molecular weight excluding hydrogens is 414 g/mol. The van der Waals surface area contributed by atoms with Crippen molar-refractivity contribution in [3.05, 3.63) is 96.1 Å². The van der Waals surface area contributed by atoms with Gasteiger partial charge in [-0.05, 0) is 42.0 Å². The Morgan fingerprint density at radius 1 is 0.848 bits per heavy atom. The van der Waals surface area contributed by atoms with Crippen LogP contribution in [0.1, 0.15) is 15.9 Å². The van der Waals surface area contributed by atoms with Crippen molar-refractivity contribution in [3.63, 3.8) is 0 Å². The third-order valence-electron chi connectivity index (χ3n) is 5.95. The summed E-state index contributed by atoms with van der Waals surface area (Å²) in [5.74, 6) is 0.546. The van der Waals surface area contributed by atoms with Gasteiger partial charge in [0.25, 0.3) is 5.91 Å². The second kappa shape index (κ2) is 10.7. The number of nitrogens with zero attached hydrogens (tertiary/aromatic N) is 2. The average molecular weight is 444 g/mol. The molecule has 2 amide bonds. The van der Waals surface area contributed by atoms with Gasteiger partial charge in [0, 0.05) is 43.9 Å². The van der Waals surface area contributed by atoms with Crippen LogP contribution in [-0.2, 0) is 11.2 Å². The van der Waals surface area contributed by atoms with Crippen LogP contribution in [0, 0.1) is 0 Å². The lowest BCUT2D eigenvalue weighted by Gasteiger charge is -2.37. The summed E-state index contributed by atoms with van der Waals surface area (Å²) in [7, 11) is 1.65. The van der Waals surface area contributed by atoms with Crippen LogP contribution in [0.25, 0.3) is 0 Å². The van der Waals surface area contributed by atoms with Crippen molar-refractivity contribution in [2.75, 3.05) is 38.2 Å². The van der Waals surface area contributed by atoms with Gasteiger partial charge in [0.2, 0.25) is 5.91 Å². The monoisotopic (exact) mass is 443 g/mol. The number of anilines is 1. The summed E-state index contributed by atoms with van der Waals surface area (Å²) < 4.78 is 5.24. The number of nitrogens with one attached hydrogen (secondary N) is 1. The lowest BCUT2D eigenvalue weighted by atomic mass is 10.0. The van der Waals surface area contributed by atoms with Gasteiger partial charge in [-0.3, -0.25) is 9.59 Å². The number of methoxy groups -OCH3 is 1. The van der Waals surface area contributed by atoms with Crippen LogP contribution in [0.5, 0.6) is 5.75 Å². The Hall–Kier alpha value is -3.80. The number of benzene rings is 3. The first-order valence-electron chi connectivity index (χ1n) is 11.2. The first-order valence-corrected chi connectivity index (χ1v) is 11.2. The molecule has 1 aliphatic heterocycles. The number of hydrogen-bond acceptors (Lipinski definition) is 4. The second-order valence-electron chi connectivity index (χ2n) is 8.09. The summed E-state index contributed by atoms with van der Waals surface area (Å²) >= 11 is 0. The fourth-order valence-corrected chi connectivity index (χ4v) is 4.08. The van der Waals surface area contributed by atoms with Gasteiger partial charge in [0.1, 0.15) is 11.8 Å². The van der Waals surface area contributed by atoms with Gasteiger partial charge in [0.05, 0.1) is 7.11 Å². The summed E-state index contributed by atoms with van der Waals surface area (Å²) in [5, 5.41) is 2.98. The molecule has 0 saturated carbocycles. The molecule has 1 N–H and O–H groups in total. The van der Waals surface area contributed by atoms with E-state index in [-0.39, 0.29) is 11.8 Å². The van der Waals surface area contributed by atoms with Crippen LogP contribution in [0.4, 0.5) is 5.69 Å². The summed E-state index contributed by atoms with van der Waals surface area (Å²) in [6, 6.07) is 26.2. The number of carbonyl (C=O) groups is 2. The van der Waals surface area contributed by atoms with Crippen LogP contribution in [0.3, 0.4) is 0 Å². The molecule has 1 atom stereocenters. The molecule has 1 heterocycles. The highest BCUT2D eigenvalue weighted by Gasteiger charge is 2.29. The van der Waals surface area contributed by atoms with Gasteiger partial charge < -0.3 is 19.9 Å². The minimum Gasteiger partial charge on any atom is -0.497 e. The number of ether oxygens (including phenoxy) is 1. The van der Waals surface area contributed by atoms with E-state index in [0.717, 1.165) is 30.1 Å². The third kappa shape index (κ3) is 5.71. The fourth-order valence-electron chi connectivity index (χ4n) is 4.08. The van der Waals surface area contributed by atoms with Crippen molar-refractivity contribution >= 4 is 17.5 Å². The minimum atomic E-state index is -0.618. The van der Waals surface area contributed by atoms with Gasteiger partial charge in [0.15, 0.2) is 0 Å². The SMILES string of the molecule is COc1ccc(N2CCN(C(=O)C(Cc3ccccc3)NC(=O)c3ccccc3)CC2)cc1. The van der Waals surface area contributed by atoms with E-state index in [1.54, 1.807) is 19.2 Å². The summed E-state index contributed by atoms with van der Waals surface area (Å²) in [5.41, 5.74) is 2.68. The normalized spacial score (nSPS) is 14.5. The lowest BCUT2D eigenvalue weighted by Crippen LogP contribution is -2.55. The maximum absolute atomic E-state index is 13.5. The highest BCUT2D eigenvalue weighted by Crippen LogP contribution is 2.21. The van der Waals surface area contributed by atoms with E-state index in [9.17, 15) is 9.59 Å². The Balaban J connectivity index is 1.43. The molecule has 6 nitrogen and oxygen atoms in total. The molecule has 1 aliphatic rings. The van der Waals surface area contributed by atoms with Crippen molar-refractivity contribution < 1.29 is 14.3 Å². The highest BCUT2D eigenvalue weighted by atomic mass is 16.5. The lowest BCUT2D eigenvalue weighted by molar-refractivity contribution is -0.133. The quantitative estimate of drug-likeness (QED) is 0.608. The van der Waals surface area contributed by atoms with Gasteiger partial charge in [-0.25, -0.2) is 0 Å². The number of piperazine rings is 1. The van der Waals surface area contributed by atoms with Crippen LogP contribution in [-0.4, -0.2) is 56.0 Å². The predicted molar refractivity (Wildman–Crippen MR) is 130 cm³/mol. The van der Waals surface area contributed by atoms with E-state index in [1.165, 1.54) is 0 Å². The standard InChI is InChI=1S/C27H29N3O3/c1-33-24-14-12-23(13-15-24)29-16-18-30(19-17-29)27(32)25(20-21-8-4-2-5-9-21)28-26(31)22-10-6-3-7-11-22/h2-15,25H,16-20H2,1H3,(H,28,31). The highest BCUT2D eigenvalue weighted by molar-refractivity contribution is 5.97. The summed E-state index contributed by atoms with van der Waals surface area (Å²) in [6.45, 7) is 2.69. The average Bonchev–Trinajstić information content (AvgIpc) is 2.89. The van der Waals surface area contributed by atoms with Crippen LogP contribution in [0.15, 0.2) is 84.9 Å². The first-order chi connectivity index (χ1) is 16.1. The largest absolute Gasteiger partial charge is 0.497 e. The van der Waals surface area contributed by atoms with Crippen LogP contribution >= 0.6 is 0 Å². The molecule has 1 saturated heterocycles. The van der Waals surface area contributed by atoms with E-state index in [4.69, 9.17) is 4.74 Å². The molecule has 0 bridgehead atoms. The Morgan fingerprint density at radius 2 is 1.45 bits per heavy atom. The van der Waals surface area contributed by atoms with Crippen molar-refractivity contribution in [2.45, 2.75) is 12.5 Å². The molecule has 33 heavy (non-hydrogen) atoms. The van der Waals surface area contributed by atoms with Gasteiger partial charge in [-0.1, -0.05) is 48.5 Å². The zero-order valence-electron chi connectivity index (χ0n) is 18.8. The fraction of sp³-hybridized carbons (Fsp3) is 0.259. The number of hydrogen-bond donors (Lipinski definition) is 1. The molecule has 1 unspecified atom stereocenters. The molecule has 0 aliphatic carbocycles. The molecule has 1 fully saturated rings. The van der Waals surface area contributed by atoms with Crippen molar-refractivity contribution in [1.29, 1.82) is 0 Å². The smallest absolute Gasteiger partial charge is 0.251 e. The summed E-state index contributed by atoms with van der Waals surface area (Å²) in [4.78, 5) is 30.4. The van der Waals surface area contributed by atoms with Crippen molar-refractivity contribution in [3.8, 4) is 5.75 Å². The molecule has 0 aromatic heterocycles. The molecule has 4 rings (SSSR count). The Labute approximate surface area is 194 Å². The van der Waals surface area contributed by atoms with Gasteiger partial charge in [-0.15, -0.1) is 0 Å². The van der Waals surface area contributed by atoms with E-state index in [0.29, 0.717) is 25.1 Å². The van der Waals surface area contributed by atoms with Crippen LogP contribution < -0.4 is 15.0 Å². The number of rotatable bonds is 7. The van der Waals surface area contributed by atoms with E-state index in [2.05, 4.69) is 10.2 Å². The maximum Gasteiger partial charge on any atom is 0.251 e. The molecule has 3 aromatic rings. The predicted octanol–water partition coefficient (Wildman–Crippen LogP) is 3.39. The Kier molecular flexibility index (Phi) is 7.25. The number of carbonyl (C=O) groups excluding carboxylic acids is 2. The molecule has 3 aromatic carbocycles. The Morgan fingerprint density at radius 3 is 2.06 bits per heavy atom. The zero-order chi connectivity index (χ0) is 23.0. The molecule has 170 valence electrons. The maximum atomic E-state index is 13.5. The van der Waals surface area contributed by atoms with Crippen LogP contribution in [0.2, 0.25) is 0 Å². The number of amides is 2. The van der Waals surface area contributed by atoms with E-state index in [1.807, 2.05) is 77.7 Å². The van der Waals surface area contributed by atoms with Crippen molar-refractivity contribution in [1.82, 2.24) is 10.2 Å². The molecule has 6 heteroatoms. The summed E-state index contributed by atoms with van der Waals surface area (Å²) in [6.07, 6.45) is 0.455. The molecule has 0 radical (unpaired) electrons. The van der Waals surface area contributed by atoms with E-state index >= 15 is 0 Å². The van der Waals surface area contributed by atoms with Crippen molar-refractivity contribution in [2.24, 2.45) is 0 Å².